The number of aryl methyl sites for hydroxylation is 3. The van der Waals surface area contributed by atoms with Crippen LogP contribution in [0.1, 0.15) is 52.0 Å². The Morgan fingerprint density at radius 2 is 1.94 bits per heavy atom. The van der Waals surface area contributed by atoms with Gasteiger partial charge in [-0.05, 0) is 43.4 Å². The third kappa shape index (κ3) is 5.14. The number of hydrogen-bond donors (Lipinski definition) is 1. The second-order valence-corrected chi connectivity index (χ2v) is 8.44. The molecule has 1 heterocycles. The molecule has 7 heteroatoms. The van der Waals surface area contributed by atoms with E-state index in [1.54, 1.807) is 14.0 Å². The monoisotopic (exact) mass is 446 g/mol. The van der Waals surface area contributed by atoms with Crippen molar-refractivity contribution in [3.63, 3.8) is 0 Å². The molecule has 1 aliphatic rings. The smallest absolute Gasteiger partial charge is 0.343 e. The number of aromatic nitrogens is 2. The Morgan fingerprint density at radius 1 is 1.18 bits per heavy atom. The van der Waals surface area contributed by atoms with Crippen molar-refractivity contribution in [2.45, 2.75) is 39.3 Å². The Hall–Kier alpha value is -3.45. The minimum Gasteiger partial charge on any atom is -0.462 e. The Kier molecular flexibility index (Phi) is 6.89. The normalized spacial score (nSPS) is 14.8. The lowest BCUT2D eigenvalue weighted by Gasteiger charge is -2.29. The minimum atomic E-state index is -0.498. The van der Waals surface area contributed by atoms with Crippen LogP contribution in [0.3, 0.4) is 0 Å². The van der Waals surface area contributed by atoms with Gasteiger partial charge >= 0.3 is 5.97 Å². The number of carbonyl (C=O) groups is 2. The van der Waals surface area contributed by atoms with E-state index >= 15 is 0 Å². The highest BCUT2D eigenvalue weighted by Crippen LogP contribution is 2.36. The fourth-order valence-corrected chi connectivity index (χ4v) is 4.42. The van der Waals surface area contributed by atoms with Gasteiger partial charge in [-0.3, -0.25) is 14.4 Å². The van der Waals surface area contributed by atoms with Gasteiger partial charge in [0.1, 0.15) is 11.4 Å². The summed E-state index contributed by atoms with van der Waals surface area (Å²) in [5, 5.41) is 7.01. The van der Waals surface area contributed by atoms with Crippen LogP contribution in [0.15, 0.2) is 54.7 Å². The molecule has 4 rings (SSSR count). The molecule has 3 aromatic rings. The topological polar surface area (TPSA) is 76.5 Å². The Bertz CT molecular complexity index is 1140. The van der Waals surface area contributed by atoms with Gasteiger partial charge in [-0.2, -0.15) is 5.10 Å². The van der Waals surface area contributed by atoms with E-state index in [0.717, 1.165) is 18.4 Å². The molecule has 1 atom stereocenters. The van der Waals surface area contributed by atoms with Crippen LogP contribution >= 0.6 is 0 Å². The van der Waals surface area contributed by atoms with E-state index in [1.807, 2.05) is 0 Å². The van der Waals surface area contributed by atoms with Crippen molar-refractivity contribution in [2.24, 2.45) is 7.05 Å². The van der Waals surface area contributed by atoms with Gasteiger partial charge in [0.15, 0.2) is 0 Å². The van der Waals surface area contributed by atoms with Crippen LogP contribution in [-0.4, -0.2) is 39.7 Å². The fraction of sp³-hybridized carbons (Fsp3) is 0.346. The first-order valence-electron chi connectivity index (χ1n) is 11.3. The van der Waals surface area contributed by atoms with Gasteiger partial charge < -0.3 is 10.1 Å². The summed E-state index contributed by atoms with van der Waals surface area (Å²) in [6.07, 6.45) is 3.39. The van der Waals surface area contributed by atoms with Crippen LogP contribution in [0, 0.1) is 6.92 Å². The lowest BCUT2D eigenvalue weighted by atomic mass is 10.1. The Morgan fingerprint density at radius 3 is 2.70 bits per heavy atom. The molecule has 1 unspecified atom stereocenters. The van der Waals surface area contributed by atoms with Crippen molar-refractivity contribution >= 4 is 17.7 Å². The number of esters is 1. The molecule has 7 nitrogen and oxygen atoms in total. The van der Waals surface area contributed by atoms with E-state index in [0.29, 0.717) is 12.4 Å². The van der Waals surface area contributed by atoms with Crippen LogP contribution in [-0.2, 0) is 29.5 Å². The molecule has 0 bridgehead atoms. The third-order valence-corrected chi connectivity index (χ3v) is 6.09. The number of carbonyl (C=O) groups excluding carboxylic acids is 2. The second-order valence-electron chi connectivity index (χ2n) is 8.44. The standard InChI is InChI=1S/C26H30N4O3/c1-4-33-26(32)22-15-27-29(3)25(22)28-24(31)17-30(16-19-11-9-18(2)10-12-19)23-14-13-20-7-5-6-8-21(20)23/h5-12,15,23H,4,13-14,16-17H2,1-3H3,(H,28,31). The maximum Gasteiger partial charge on any atom is 0.343 e. The molecule has 0 saturated carbocycles. The zero-order chi connectivity index (χ0) is 23.4. The van der Waals surface area contributed by atoms with E-state index in [1.165, 1.54) is 27.6 Å². The van der Waals surface area contributed by atoms with Crippen molar-refractivity contribution in [3.8, 4) is 0 Å². The molecule has 1 N–H and O–H groups in total. The number of hydrogen-bond acceptors (Lipinski definition) is 5. The molecule has 172 valence electrons. The Labute approximate surface area is 194 Å². The summed E-state index contributed by atoms with van der Waals surface area (Å²) in [5.74, 6) is -0.344. The first kappa shape index (κ1) is 22.7. The molecule has 0 saturated heterocycles. The number of nitrogens with zero attached hydrogens (tertiary/aromatic N) is 3. The lowest BCUT2D eigenvalue weighted by molar-refractivity contribution is -0.118. The minimum absolute atomic E-state index is 0.157. The average molecular weight is 447 g/mol. The number of rotatable bonds is 8. The highest BCUT2D eigenvalue weighted by molar-refractivity contribution is 6.00. The largest absolute Gasteiger partial charge is 0.462 e. The maximum atomic E-state index is 13.2. The SMILES string of the molecule is CCOC(=O)c1cnn(C)c1NC(=O)CN(Cc1ccc(C)cc1)C1CCc2ccccc21. The molecule has 0 aliphatic heterocycles. The van der Waals surface area contributed by atoms with Crippen molar-refractivity contribution in [1.82, 2.24) is 14.7 Å². The summed E-state index contributed by atoms with van der Waals surface area (Å²) >= 11 is 0. The number of fused-ring (bicyclic) bond motifs is 1. The summed E-state index contributed by atoms with van der Waals surface area (Å²) in [4.78, 5) is 27.6. The van der Waals surface area contributed by atoms with Gasteiger partial charge in [0.2, 0.25) is 5.91 Å². The van der Waals surface area contributed by atoms with Crippen LogP contribution in [0.5, 0.6) is 0 Å². The van der Waals surface area contributed by atoms with Crippen LogP contribution in [0.4, 0.5) is 5.82 Å². The fourth-order valence-electron chi connectivity index (χ4n) is 4.42. The number of nitrogens with one attached hydrogen (secondary N) is 1. The molecule has 1 amide bonds. The predicted octanol–water partition coefficient (Wildman–Crippen LogP) is 4.03. The van der Waals surface area contributed by atoms with Gasteiger partial charge in [-0.15, -0.1) is 0 Å². The second kappa shape index (κ2) is 10.0. The number of anilines is 1. The zero-order valence-electron chi connectivity index (χ0n) is 19.4. The van der Waals surface area contributed by atoms with E-state index in [2.05, 4.69) is 70.8 Å². The van der Waals surface area contributed by atoms with E-state index in [9.17, 15) is 9.59 Å². The summed E-state index contributed by atoms with van der Waals surface area (Å²) in [6.45, 7) is 4.92. The van der Waals surface area contributed by atoms with E-state index < -0.39 is 5.97 Å². The highest BCUT2D eigenvalue weighted by Gasteiger charge is 2.29. The van der Waals surface area contributed by atoms with Gasteiger partial charge in [0.25, 0.3) is 0 Å². The molecule has 1 aromatic heterocycles. The summed E-state index contributed by atoms with van der Waals surface area (Å²) in [7, 11) is 1.69. The molecule has 0 radical (unpaired) electrons. The average Bonchev–Trinajstić information content (AvgIpc) is 3.39. The van der Waals surface area contributed by atoms with Crippen LogP contribution in [0.2, 0.25) is 0 Å². The van der Waals surface area contributed by atoms with E-state index in [4.69, 9.17) is 4.74 Å². The molecule has 33 heavy (non-hydrogen) atoms. The lowest BCUT2D eigenvalue weighted by Crippen LogP contribution is -2.35. The molecular formula is C26H30N4O3. The molecule has 0 spiro atoms. The summed E-state index contributed by atoms with van der Waals surface area (Å²) in [6, 6.07) is 17.0. The highest BCUT2D eigenvalue weighted by atomic mass is 16.5. The van der Waals surface area contributed by atoms with Gasteiger partial charge in [0, 0.05) is 19.6 Å². The third-order valence-electron chi connectivity index (χ3n) is 6.09. The number of amides is 1. The molecule has 2 aromatic carbocycles. The first-order chi connectivity index (χ1) is 16.0. The molecule has 1 aliphatic carbocycles. The zero-order valence-corrected chi connectivity index (χ0v) is 19.4. The van der Waals surface area contributed by atoms with Crippen molar-refractivity contribution in [2.75, 3.05) is 18.5 Å². The Balaban J connectivity index is 1.56. The van der Waals surface area contributed by atoms with Crippen molar-refractivity contribution in [3.05, 3.63) is 82.5 Å². The summed E-state index contributed by atoms with van der Waals surface area (Å²) < 4.78 is 6.59. The first-order valence-corrected chi connectivity index (χ1v) is 11.3. The van der Waals surface area contributed by atoms with E-state index in [-0.39, 0.29) is 30.7 Å². The van der Waals surface area contributed by atoms with Crippen LogP contribution < -0.4 is 5.32 Å². The molecule has 0 fully saturated rings. The maximum absolute atomic E-state index is 13.2. The van der Waals surface area contributed by atoms with Crippen molar-refractivity contribution in [1.29, 1.82) is 0 Å². The number of ether oxygens (including phenoxy) is 1. The van der Waals surface area contributed by atoms with Gasteiger partial charge in [-0.1, -0.05) is 54.1 Å². The summed E-state index contributed by atoms with van der Waals surface area (Å²) in [5.41, 5.74) is 5.24. The van der Waals surface area contributed by atoms with Gasteiger partial charge in [0.05, 0.1) is 19.3 Å². The number of benzene rings is 2. The quantitative estimate of drug-likeness (QED) is 0.529. The predicted molar refractivity (Wildman–Crippen MR) is 127 cm³/mol. The van der Waals surface area contributed by atoms with Gasteiger partial charge in [-0.25, -0.2) is 4.79 Å². The van der Waals surface area contributed by atoms with Crippen molar-refractivity contribution < 1.29 is 14.3 Å². The van der Waals surface area contributed by atoms with Crippen LogP contribution in [0.25, 0.3) is 0 Å². The molecular weight excluding hydrogens is 416 g/mol.